The number of hydrogen-bond donors (Lipinski definition) is 0. The Balaban J connectivity index is 2.75. The van der Waals surface area contributed by atoms with E-state index in [2.05, 4.69) is 20.9 Å². The number of Topliss-reactive ketones (excluding diaryl/α,β-unsaturated/α-hetero) is 1. The predicted molar refractivity (Wildman–Crippen MR) is 53.5 cm³/mol. The molecule has 0 amide bonds. The average molecular weight is 244 g/mol. The molecule has 0 N–H and O–H groups in total. The second kappa shape index (κ2) is 4.97. The molecule has 3 nitrogen and oxygen atoms in total. The van der Waals surface area contributed by atoms with Gasteiger partial charge in [-0.3, -0.25) is 4.79 Å². The van der Waals surface area contributed by atoms with Crippen molar-refractivity contribution >= 4 is 21.7 Å². The molecule has 0 aliphatic rings. The molecule has 0 unspecified atom stereocenters. The highest BCUT2D eigenvalue weighted by Gasteiger charge is 2.04. The van der Waals surface area contributed by atoms with Crippen molar-refractivity contribution in [1.29, 1.82) is 0 Å². The van der Waals surface area contributed by atoms with Crippen LogP contribution in [-0.2, 0) is 0 Å². The summed E-state index contributed by atoms with van der Waals surface area (Å²) >= 11 is 3.08. The Morgan fingerprint density at radius 3 is 2.85 bits per heavy atom. The van der Waals surface area contributed by atoms with E-state index in [9.17, 15) is 4.79 Å². The van der Waals surface area contributed by atoms with Crippen LogP contribution in [-0.4, -0.2) is 22.7 Å². The Hall–Kier alpha value is -0.900. The minimum absolute atomic E-state index is 0.0250. The van der Waals surface area contributed by atoms with Crippen LogP contribution in [0.4, 0.5) is 0 Å². The maximum atomic E-state index is 11.1. The van der Waals surface area contributed by atoms with Crippen molar-refractivity contribution in [2.24, 2.45) is 0 Å². The van der Waals surface area contributed by atoms with Crippen LogP contribution in [0.1, 0.15) is 17.4 Å². The van der Waals surface area contributed by atoms with E-state index in [1.54, 1.807) is 18.3 Å². The van der Waals surface area contributed by atoms with Gasteiger partial charge in [0, 0.05) is 0 Å². The van der Waals surface area contributed by atoms with Crippen LogP contribution in [0, 0.1) is 0 Å². The van der Waals surface area contributed by atoms with Crippen LogP contribution in [0.3, 0.4) is 0 Å². The van der Waals surface area contributed by atoms with Gasteiger partial charge in [0.15, 0.2) is 5.78 Å². The fourth-order valence-corrected chi connectivity index (χ4v) is 1.15. The van der Waals surface area contributed by atoms with Gasteiger partial charge in [-0.25, -0.2) is 4.98 Å². The molecule has 4 heteroatoms. The van der Waals surface area contributed by atoms with Crippen molar-refractivity contribution in [1.82, 2.24) is 4.98 Å². The number of carbonyl (C=O) groups excluding carboxylic acids is 1. The van der Waals surface area contributed by atoms with Crippen LogP contribution in [0.2, 0.25) is 0 Å². The molecule has 0 radical (unpaired) electrons. The van der Waals surface area contributed by atoms with Crippen molar-refractivity contribution in [2.45, 2.75) is 6.92 Å². The first-order valence-electron chi connectivity index (χ1n) is 3.96. The number of pyridine rings is 1. The number of rotatable bonds is 4. The molecule has 1 aromatic heterocycles. The number of aromatic nitrogens is 1. The van der Waals surface area contributed by atoms with E-state index >= 15 is 0 Å². The highest BCUT2D eigenvalue weighted by Crippen LogP contribution is 2.09. The molecule has 0 fully saturated rings. The summed E-state index contributed by atoms with van der Waals surface area (Å²) in [4.78, 5) is 15.1. The molecule has 0 spiro atoms. The minimum atomic E-state index is -0.0250. The van der Waals surface area contributed by atoms with Gasteiger partial charge in [-0.15, -0.1) is 0 Å². The van der Waals surface area contributed by atoms with E-state index in [0.717, 1.165) is 0 Å². The molecule has 0 atom stereocenters. The zero-order chi connectivity index (χ0) is 9.68. The quantitative estimate of drug-likeness (QED) is 0.601. The van der Waals surface area contributed by atoms with Gasteiger partial charge in [-0.1, -0.05) is 15.9 Å². The molecule has 1 rings (SSSR count). The lowest BCUT2D eigenvalue weighted by molar-refractivity contribution is 0.101. The van der Waals surface area contributed by atoms with Crippen molar-refractivity contribution in [3.8, 4) is 5.75 Å². The molecule has 13 heavy (non-hydrogen) atoms. The Morgan fingerprint density at radius 1 is 1.62 bits per heavy atom. The SMILES string of the molecule is CCOc1ccc(C(=O)CBr)nc1. The van der Waals surface area contributed by atoms with Crippen molar-refractivity contribution in [3.05, 3.63) is 24.0 Å². The molecule has 0 aliphatic carbocycles. The second-order valence-electron chi connectivity index (χ2n) is 2.37. The van der Waals surface area contributed by atoms with Gasteiger partial charge in [0.1, 0.15) is 11.4 Å². The molecule has 0 bridgehead atoms. The third-order valence-corrected chi connectivity index (χ3v) is 1.96. The van der Waals surface area contributed by atoms with Gasteiger partial charge >= 0.3 is 0 Å². The highest BCUT2D eigenvalue weighted by molar-refractivity contribution is 9.09. The van der Waals surface area contributed by atoms with Crippen LogP contribution in [0.25, 0.3) is 0 Å². The molecular formula is C9H10BrNO2. The summed E-state index contributed by atoms with van der Waals surface area (Å²) in [6.07, 6.45) is 1.55. The zero-order valence-corrected chi connectivity index (χ0v) is 8.87. The molecule has 0 aromatic carbocycles. The highest BCUT2D eigenvalue weighted by atomic mass is 79.9. The molecule has 0 aliphatic heterocycles. The van der Waals surface area contributed by atoms with Crippen LogP contribution >= 0.6 is 15.9 Å². The van der Waals surface area contributed by atoms with Crippen LogP contribution in [0.5, 0.6) is 5.75 Å². The first-order chi connectivity index (χ1) is 6.27. The second-order valence-corrected chi connectivity index (χ2v) is 2.93. The lowest BCUT2D eigenvalue weighted by Gasteiger charge is -2.01. The maximum absolute atomic E-state index is 11.1. The fraction of sp³-hybridized carbons (Fsp3) is 0.333. The van der Waals surface area contributed by atoms with E-state index < -0.39 is 0 Å². The first-order valence-corrected chi connectivity index (χ1v) is 5.08. The van der Waals surface area contributed by atoms with Gasteiger partial charge in [0.2, 0.25) is 0 Å². The maximum Gasteiger partial charge on any atom is 0.191 e. The fourth-order valence-electron chi connectivity index (χ4n) is 0.866. The van der Waals surface area contributed by atoms with Gasteiger partial charge < -0.3 is 4.74 Å². The molecule has 70 valence electrons. The number of ether oxygens (including phenoxy) is 1. The number of halogens is 1. The summed E-state index contributed by atoms with van der Waals surface area (Å²) in [6.45, 7) is 2.50. The van der Waals surface area contributed by atoms with Crippen LogP contribution in [0.15, 0.2) is 18.3 Å². The smallest absolute Gasteiger partial charge is 0.191 e. The zero-order valence-electron chi connectivity index (χ0n) is 7.29. The number of alkyl halides is 1. The topological polar surface area (TPSA) is 39.2 Å². The van der Waals surface area contributed by atoms with Gasteiger partial charge in [-0.2, -0.15) is 0 Å². The van der Waals surface area contributed by atoms with Crippen LogP contribution < -0.4 is 4.74 Å². The predicted octanol–water partition coefficient (Wildman–Crippen LogP) is 2.06. The van der Waals surface area contributed by atoms with Gasteiger partial charge in [0.05, 0.1) is 18.1 Å². The summed E-state index contributed by atoms with van der Waals surface area (Å²) in [5.74, 6) is 0.664. The Labute approximate surface area is 85.3 Å². The number of nitrogens with zero attached hydrogens (tertiary/aromatic N) is 1. The number of hydrogen-bond acceptors (Lipinski definition) is 3. The third-order valence-electron chi connectivity index (χ3n) is 1.45. The van der Waals surface area contributed by atoms with E-state index in [4.69, 9.17) is 4.74 Å². The normalized spacial score (nSPS) is 9.69. The summed E-state index contributed by atoms with van der Waals surface area (Å²) in [6, 6.07) is 3.40. The van der Waals surface area contributed by atoms with E-state index in [1.165, 1.54) is 0 Å². The lowest BCUT2D eigenvalue weighted by atomic mass is 10.3. The summed E-state index contributed by atoms with van der Waals surface area (Å²) < 4.78 is 5.19. The van der Waals surface area contributed by atoms with E-state index in [-0.39, 0.29) is 5.78 Å². The van der Waals surface area contributed by atoms with Crippen molar-refractivity contribution in [2.75, 3.05) is 11.9 Å². The third kappa shape index (κ3) is 2.81. The largest absolute Gasteiger partial charge is 0.492 e. The van der Waals surface area contributed by atoms with Gasteiger partial charge in [-0.05, 0) is 19.1 Å². The molecular weight excluding hydrogens is 234 g/mol. The molecule has 0 saturated heterocycles. The van der Waals surface area contributed by atoms with E-state index in [0.29, 0.717) is 23.4 Å². The van der Waals surface area contributed by atoms with Gasteiger partial charge in [0.25, 0.3) is 0 Å². The summed E-state index contributed by atoms with van der Waals surface area (Å²) in [7, 11) is 0. The van der Waals surface area contributed by atoms with Crippen molar-refractivity contribution < 1.29 is 9.53 Å². The number of ketones is 1. The average Bonchev–Trinajstić information content (AvgIpc) is 2.18. The Morgan fingerprint density at radius 2 is 2.38 bits per heavy atom. The molecule has 1 aromatic rings. The Kier molecular flexibility index (Phi) is 3.89. The first kappa shape index (κ1) is 10.2. The van der Waals surface area contributed by atoms with E-state index in [1.807, 2.05) is 6.92 Å². The lowest BCUT2D eigenvalue weighted by Crippen LogP contribution is -2.03. The standard InChI is InChI=1S/C9H10BrNO2/c1-2-13-7-3-4-8(11-6-7)9(12)5-10/h3-4,6H,2,5H2,1H3. The monoisotopic (exact) mass is 243 g/mol. The number of carbonyl (C=O) groups is 1. The summed E-state index contributed by atoms with van der Waals surface area (Å²) in [5, 5.41) is 0.300. The molecule has 0 saturated carbocycles. The minimum Gasteiger partial charge on any atom is -0.492 e. The Bertz CT molecular complexity index is 284. The van der Waals surface area contributed by atoms with Crippen molar-refractivity contribution in [3.63, 3.8) is 0 Å². The molecule has 1 heterocycles. The summed E-state index contributed by atoms with van der Waals surface area (Å²) in [5.41, 5.74) is 0.459.